The molecule has 0 amide bonds. The van der Waals surface area contributed by atoms with Crippen molar-refractivity contribution in [3.8, 4) is 0 Å². The largest absolute Gasteiger partial charge is 0.355 e. The van der Waals surface area contributed by atoms with E-state index in [2.05, 4.69) is 0 Å². The molecule has 0 saturated heterocycles. The second kappa shape index (κ2) is 7.80. The molecule has 7 heteroatoms. The zero-order chi connectivity index (χ0) is 19.5. The third-order valence-electron chi connectivity index (χ3n) is 4.72. The molecule has 140 valence electrons. The Morgan fingerprint density at radius 1 is 0.960 bits per heavy atom. The number of hydrogen-bond donors (Lipinski definition) is 0. The number of nitrogens with zero attached hydrogens (tertiary/aromatic N) is 3. The van der Waals surface area contributed by atoms with Crippen molar-refractivity contribution in [3.63, 3.8) is 0 Å². The zero-order valence-corrected chi connectivity index (χ0v) is 16.2. The summed E-state index contributed by atoms with van der Waals surface area (Å²) in [5, 5.41) is 23.5. The molecule has 1 rings (SSSR count). The third-order valence-corrected chi connectivity index (χ3v) is 4.72. The number of benzene rings is 1. The monoisotopic (exact) mass is 351 g/mol. The minimum atomic E-state index is -0.505. The average Bonchev–Trinajstić information content (AvgIpc) is 2.52. The van der Waals surface area contributed by atoms with Gasteiger partial charge in [-0.25, -0.2) is 0 Å². The molecular formula is C18H29N3O4. The summed E-state index contributed by atoms with van der Waals surface area (Å²) in [6, 6.07) is 2.88. The van der Waals surface area contributed by atoms with Crippen LogP contribution in [0.2, 0.25) is 0 Å². The zero-order valence-electron chi connectivity index (χ0n) is 16.2. The van der Waals surface area contributed by atoms with Gasteiger partial charge in [0.25, 0.3) is 11.4 Å². The molecule has 0 N–H and O–H groups in total. The van der Waals surface area contributed by atoms with Gasteiger partial charge in [0.15, 0.2) is 5.69 Å². The molecule has 0 radical (unpaired) electrons. The highest BCUT2D eigenvalue weighted by Crippen LogP contribution is 2.43. The molecule has 2 unspecified atom stereocenters. The number of nitro benzene ring substituents is 2. The molecule has 7 nitrogen and oxygen atoms in total. The van der Waals surface area contributed by atoms with Crippen LogP contribution in [0.15, 0.2) is 12.1 Å². The van der Waals surface area contributed by atoms with Gasteiger partial charge < -0.3 is 4.90 Å². The molecule has 1 aromatic rings. The Morgan fingerprint density at radius 3 is 1.56 bits per heavy atom. The van der Waals surface area contributed by atoms with Crippen LogP contribution in [-0.4, -0.2) is 21.9 Å². The van der Waals surface area contributed by atoms with E-state index in [1.807, 2.05) is 53.4 Å². The van der Waals surface area contributed by atoms with Crippen LogP contribution < -0.4 is 4.90 Å². The molecule has 0 heterocycles. The molecule has 0 aliphatic rings. The Labute approximate surface area is 149 Å². The number of anilines is 1. The number of rotatable bonds is 7. The molecule has 25 heavy (non-hydrogen) atoms. The minimum Gasteiger partial charge on any atom is -0.355 e. The van der Waals surface area contributed by atoms with Crippen LogP contribution in [0.1, 0.15) is 66.9 Å². The first kappa shape index (κ1) is 20.9. The molecule has 0 aliphatic heterocycles. The molecule has 0 aromatic heterocycles. The highest BCUT2D eigenvalue weighted by atomic mass is 16.6. The van der Waals surface area contributed by atoms with Crippen molar-refractivity contribution in [2.75, 3.05) is 4.90 Å². The predicted octanol–water partition coefficient (Wildman–Crippen LogP) is 5.20. The number of nitro groups is 2. The van der Waals surface area contributed by atoms with Gasteiger partial charge in [0.2, 0.25) is 0 Å². The van der Waals surface area contributed by atoms with Crippen molar-refractivity contribution in [1.82, 2.24) is 0 Å². The summed E-state index contributed by atoms with van der Waals surface area (Å²) in [5.74, 6) is 0. The van der Waals surface area contributed by atoms with Crippen LogP contribution in [0.3, 0.4) is 0 Å². The Morgan fingerprint density at radius 2 is 1.32 bits per heavy atom. The van der Waals surface area contributed by atoms with Crippen LogP contribution in [0.5, 0.6) is 0 Å². The predicted molar refractivity (Wildman–Crippen MR) is 100 cm³/mol. The standard InChI is InChI=1S/C18H29N3O4/c1-8-12(3)19(13(4)9-2)17-15(20(22)23)10-14(18(5,6)7)11-16(17)21(24)25/h10-13H,8-9H2,1-7H3. The lowest BCUT2D eigenvalue weighted by atomic mass is 9.86. The van der Waals surface area contributed by atoms with Gasteiger partial charge in [0.1, 0.15) is 0 Å². The Balaban J connectivity index is 3.87. The average molecular weight is 351 g/mol. The van der Waals surface area contributed by atoms with Crippen LogP contribution in [0, 0.1) is 20.2 Å². The van der Waals surface area contributed by atoms with Crippen molar-refractivity contribution in [2.24, 2.45) is 0 Å². The summed E-state index contributed by atoms with van der Waals surface area (Å²) >= 11 is 0. The van der Waals surface area contributed by atoms with Crippen molar-refractivity contribution >= 4 is 17.1 Å². The van der Waals surface area contributed by atoms with Crippen molar-refractivity contribution in [3.05, 3.63) is 37.9 Å². The first-order chi connectivity index (χ1) is 11.4. The van der Waals surface area contributed by atoms with E-state index >= 15 is 0 Å². The van der Waals surface area contributed by atoms with Crippen LogP contribution in [0.4, 0.5) is 17.1 Å². The normalized spacial score (nSPS) is 14.0. The van der Waals surface area contributed by atoms with Gasteiger partial charge in [-0.1, -0.05) is 34.6 Å². The van der Waals surface area contributed by atoms with Gasteiger partial charge in [-0.15, -0.1) is 0 Å². The van der Waals surface area contributed by atoms with Gasteiger partial charge in [0.05, 0.1) is 9.85 Å². The smallest absolute Gasteiger partial charge is 0.299 e. The topological polar surface area (TPSA) is 89.5 Å². The maximum absolute atomic E-state index is 11.8. The van der Waals surface area contributed by atoms with E-state index < -0.39 is 15.3 Å². The summed E-state index contributed by atoms with van der Waals surface area (Å²) in [4.78, 5) is 24.3. The molecule has 1 aromatic carbocycles. The lowest BCUT2D eigenvalue weighted by Gasteiger charge is -2.35. The van der Waals surface area contributed by atoms with E-state index in [4.69, 9.17) is 0 Å². The van der Waals surface area contributed by atoms with Gasteiger partial charge in [-0.3, -0.25) is 20.2 Å². The summed E-state index contributed by atoms with van der Waals surface area (Å²) < 4.78 is 0. The fourth-order valence-corrected chi connectivity index (χ4v) is 2.85. The van der Waals surface area contributed by atoms with Crippen LogP contribution in [0.25, 0.3) is 0 Å². The minimum absolute atomic E-state index is 0.0483. The lowest BCUT2D eigenvalue weighted by Crippen LogP contribution is -2.40. The number of hydrogen-bond acceptors (Lipinski definition) is 5. The van der Waals surface area contributed by atoms with Crippen LogP contribution >= 0.6 is 0 Å². The fraction of sp³-hybridized carbons (Fsp3) is 0.667. The van der Waals surface area contributed by atoms with E-state index in [-0.39, 0.29) is 29.1 Å². The van der Waals surface area contributed by atoms with E-state index in [1.165, 1.54) is 12.1 Å². The SMILES string of the molecule is CCC(C)N(c1c([N+](=O)[O-])cc(C(C)(C)C)cc1[N+](=O)[O-])C(C)CC. The van der Waals surface area contributed by atoms with E-state index in [9.17, 15) is 20.2 Å². The maximum Gasteiger partial charge on any atom is 0.299 e. The highest BCUT2D eigenvalue weighted by Gasteiger charge is 2.36. The molecule has 0 aliphatic carbocycles. The highest BCUT2D eigenvalue weighted by molar-refractivity contribution is 5.77. The van der Waals surface area contributed by atoms with E-state index in [0.717, 1.165) is 12.8 Å². The molecule has 0 saturated carbocycles. The lowest BCUT2D eigenvalue weighted by molar-refractivity contribution is -0.392. The summed E-state index contributed by atoms with van der Waals surface area (Å²) in [6.45, 7) is 13.5. The maximum atomic E-state index is 11.8. The molecule has 0 spiro atoms. The molecular weight excluding hydrogens is 322 g/mol. The molecule has 2 atom stereocenters. The fourth-order valence-electron chi connectivity index (χ4n) is 2.85. The van der Waals surface area contributed by atoms with Crippen molar-refractivity contribution < 1.29 is 9.85 Å². The summed E-state index contributed by atoms with van der Waals surface area (Å²) in [6.07, 6.45) is 1.47. The Bertz CT molecular complexity index is 607. The first-order valence-corrected chi connectivity index (χ1v) is 8.71. The first-order valence-electron chi connectivity index (χ1n) is 8.71. The molecule has 0 fully saturated rings. The van der Waals surface area contributed by atoms with Gasteiger partial charge in [-0.05, 0) is 37.7 Å². The summed E-state index contributed by atoms with van der Waals surface area (Å²) in [7, 11) is 0. The van der Waals surface area contributed by atoms with Crippen molar-refractivity contribution in [2.45, 2.75) is 78.8 Å². The Hall–Kier alpha value is -2.18. The van der Waals surface area contributed by atoms with Crippen LogP contribution in [-0.2, 0) is 5.41 Å². The van der Waals surface area contributed by atoms with Crippen molar-refractivity contribution in [1.29, 1.82) is 0 Å². The third kappa shape index (κ3) is 4.46. The van der Waals surface area contributed by atoms with Gasteiger partial charge in [-0.2, -0.15) is 0 Å². The van der Waals surface area contributed by atoms with E-state index in [0.29, 0.717) is 5.56 Å². The van der Waals surface area contributed by atoms with Gasteiger partial charge >= 0.3 is 0 Å². The summed E-state index contributed by atoms with van der Waals surface area (Å²) in [5.41, 5.74) is -0.111. The molecule has 0 bridgehead atoms. The quantitative estimate of drug-likeness (QED) is 0.497. The second-order valence-electron chi connectivity index (χ2n) is 7.55. The van der Waals surface area contributed by atoms with Gasteiger partial charge in [0, 0.05) is 24.2 Å². The Kier molecular flexibility index (Phi) is 6.51. The van der Waals surface area contributed by atoms with E-state index in [1.54, 1.807) is 0 Å². The second-order valence-corrected chi connectivity index (χ2v) is 7.55.